The quantitative estimate of drug-likeness (QED) is 0.454. The second kappa shape index (κ2) is 1.94. The monoisotopic (exact) mass is 75.1 g/mol. The first-order valence-corrected chi connectivity index (χ1v) is 1.41. The summed E-state index contributed by atoms with van der Waals surface area (Å²) in [6.45, 7) is -0.807. The van der Waals surface area contributed by atoms with Gasteiger partial charge in [0.15, 0.2) is 0 Å². The summed E-state index contributed by atoms with van der Waals surface area (Å²) in [6, 6.07) is 0. The van der Waals surface area contributed by atoms with Crippen molar-refractivity contribution in [3.05, 3.63) is 0 Å². The molecule has 0 fully saturated rings. The maximum Gasteiger partial charge on any atom is 0.129 e. The van der Waals surface area contributed by atoms with E-state index in [1.165, 1.54) is 6.92 Å². The molecule has 0 rings (SSSR count). The lowest BCUT2D eigenvalue weighted by Crippen LogP contribution is -1.80. The summed E-state index contributed by atoms with van der Waals surface area (Å²) in [6.07, 6.45) is -0.313. The fraction of sp³-hybridized carbons (Fsp3) is 0.750. The van der Waals surface area contributed by atoms with Gasteiger partial charge in [-0.3, -0.25) is 0 Å². The first kappa shape index (κ1) is 1.41. The van der Waals surface area contributed by atoms with Gasteiger partial charge in [-0.2, -0.15) is 0 Å². The SMILES string of the molecule is [2H]C([2H])([2H])CC(C)=O. The lowest BCUT2D eigenvalue weighted by Gasteiger charge is -1.71. The number of hydrogen-bond acceptors (Lipinski definition) is 1. The zero-order valence-corrected chi connectivity index (χ0v) is 3.12. The van der Waals surface area contributed by atoms with Crippen LogP contribution in [0.3, 0.4) is 0 Å². The Labute approximate surface area is 36.2 Å². The minimum absolute atomic E-state index is 0.287. The summed E-state index contributed by atoms with van der Waals surface area (Å²) >= 11 is 0. The Morgan fingerprint density at radius 2 is 2.80 bits per heavy atom. The lowest BCUT2D eigenvalue weighted by atomic mass is 10.4. The molecule has 30 valence electrons. The van der Waals surface area contributed by atoms with E-state index in [4.69, 9.17) is 4.11 Å². The molecule has 1 nitrogen and oxygen atoms in total. The molecule has 0 aliphatic heterocycles. The minimum atomic E-state index is -2.08. The van der Waals surface area contributed by atoms with Crippen LogP contribution in [0.2, 0.25) is 0 Å². The molecular formula is C4H8O. The van der Waals surface area contributed by atoms with E-state index in [0.717, 1.165) is 0 Å². The Morgan fingerprint density at radius 3 is 2.80 bits per heavy atom. The van der Waals surface area contributed by atoms with E-state index < -0.39 is 6.85 Å². The average molecular weight is 75.1 g/mol. The molecule has 0 saturated carbocycles. The largest absolute Gasteiger partial charge is 0.300 e. The second-order valence-corrected chi connectivity index (χ2v) is 0.879. The standard InChI is InChI=1S/C4H8O/c1-3-4(2)5/h3H2,1-2H3/i1D3. The summed E-state index contributed by atoms with van der Waals surface area (Å²) in [5, 5.41) is 0. The van der Waals surface area contributed by atoms with Crippen LogP contribution in [-0.2, 0) is 4.79 Å². The molecule has 0 N–H and O–H groups in total. The first-order chi connectivity index (χ1) is 3.42. The summed E-state index contributed by atoms with van der Waals surface area (Å²) in [4.78, 5) is 10.1. The van der Waals surface area contributed by atoms with Gasteiger partial charge in [0.2, 0.25) is 0 Å². The van der Waals surface area contributed by atoms with Crippen LogP contribution in [0.1, 0.15) is 24.3 Å². The predicted molar refractivity (Wildman–Crippen MR) is 21.0 cm³/mol. The third-order valence-corrected chi connectivity index (χ3v) is 0.249. The van der Waals surface area contributed by atoms with Crippen LogP contribution in [0.15, 0.2) is 0 Å². The first-order valence-electron chi connectivity index (χ1n) is 2.91. The highest BCUT2D eigenvalue weighted by molar-refractivity contribution is 5.74. The molecular weight excluding hydrogens is 64.0 g/mol. The number of Topliss-reactive ketones (excluding diaryl/α,β-unsaturated/α-hetero) is 1. The topological polar surface area (TPSA) is 17.1 Å². The van der Waals surface area contributed by atoms with E-state index in [1.807, 2.05) is 0 Å². The van der Waals surface area contributed by atoms with Crippen molar-refractivity contribution in [3.63, 3.8) is 0 Å². The Hall–Kier alpha value is -0.330. The minimum Gasteiger partial charge on any atom is -0.300 e. The third-order valence-electron chi connectivity index (χ3n) is 0.249. The highest BCUT2D eigenvalue weighted by atomic mass is 16.1. The van der Waals surface area contributed by atoms with Crippen molar-refractivity contribution < 1.29 is 8.91 Å². The van der Waals surface area contributed by atoms with Crippen LogP contribution in [0.5, 0.6) is 0 Å². The van der Waals surface area contributed by atoms with Gasteiger partial charge in [0, 0.05) is 10.5 Å². The van der Waals surface area contributed by atoms with Crippen molar-refractivity contribution in [3.8, 4) is 0 Å². The molecule has 0 saturated heterocycles. The molecule has 0 aliphatic carbocycles. The summed E-state index contributed by atoms with van der Waals surface area (Å²) < 4.78 is 19.7. The van der Waals surface area contributed by atoms with Gasteiger partial charge in [0.25, 0.3) is 0 Å². The predicted octanol–water partition coefficient (Wildman–Crippen LogP) is 0.985. The molecule has 0 radical (unpaired) electrons. The molecule has 5 heavy (non-hydrogen) atoms. The Bertz CT molecular complexity index is 93.9. The van der Waals surface area contributed by atoms with E-state index in [9.17, 15) is 4.79 Å². The molecule has 0 spiro atoms. The zero-order valence-electron chi connectivity index (χ0n) is 6.12. The molecule has 0 atom stereocenters. The molecule has 0 amide bonds. The molecule has 1 heteroatoms. The van der Waals surface area contributed by atoms with Crippen LogP contribution in [0.25, 0.3) is 0 Å². The van der Waals surface area contributed by atoms with Crippen LogP contribution in [0.4, 0.5) is 0 Å². The van der Waals surface area contributed by atoms with Gasteiger partial charge in [0.05, 0.1) is 0 Å². The number of carbonyl (C=O) groups is 1. The van der Waals surface area contributed by atoms with Crippen molar-refractivity contribution in [2.75, 3.05) is 0 Å². The number of ketones is 1. The average Bonchev–Trinajstić information content (AvgIpc) is 1.21. The maximum absolute atomic E-state index is 10.1. The Morgan fingerprint density at radius 1 is 2.20 bits per heavy atom. The fourth-order valence-corrected chi connectivity index (χ4v) is 0. The van der Waals surface area contributed by atoms with Gasteiger partial charge >= 0.3 is 0 Å². The molecule has 0 bridgehead atoms. The normalized spacial score (nSPS) is 19.0. The molecule has 0 aromatic carbocycles. The van der Waals surface area contributed by atoms with E-state index >= 15 is 0 Å². The molecule has 0 heterocycles. The van der Waals surface area contributed by atoms with Crippen molar-refractivity contribution in [1.29, 1.82) is 0 Å². The van der Waals surface area contributed by atoms with Crippen molar-refractivity contribution in [2.24, 2.45) is 0 Å². The highest BCUT2D eigenvalue weighted by Gasteiger charge is 1.76. The maximum atomic E-state index is 10.1. The van der Waals surface area contributed by atoms with Gasteiger partial charge in [0.1, 0.15) is 5.78 Å². The number of rotatable bonds is 1. The second-order valence-electron chi connectivity index (χ2n) is 0.879. The molecule has 0 aromatic heterocycles. The van der Waals surface area contributed by atoms with Gasteiger partial charge in [-0.15, -0.1) is 0 Å². The van der Waals surface area contributed by atoms with Crippen molar-refractivity contribution in [1.82, 2.24) is 0 Å². The Balaban J connectivity index is 3.55. The Kier molecular flexibility index (Phi) is 0.549. The summed E-state index contributed by atoms with van der Waals surface area (Å²) in [5.41, 5.74) is 0. The van der Waals surface area contributed by atoms with Crippen LogP contribution < -0.4 is 0 Å². The lowest BCUT2D eigenvalue weighted by molar-refractivity contribution is -0.116. The van der Waals surface area contributed by atoms with Gasteiger partial charge in [-0.05, 0) is 6.92 Å². The van der Waals surface area contributed by atoms with Crippen molar-refractivity contribution >= 4 is 5.78 Å². The van der Waals surface area contributed by atoms with E-state index in [-0.39, 0.29) is 12.2 Å². The number of carbonyl (C=O) groups excluding carboxylic acids is 1. The number of hydrogen-bond donors (Lipinski definition) is 0. The van der Waals surface area contributed by atoms with Crippen LogP contribution >= 0.6 is 0 Å². The molecule has 0 aromatic rings. The van der Waals surface area contributed by atoms with E-state index in [2.05, 4.69) is 0 Å². The van der Waals surface area contributed by atoms with Crippen molar-refractivity contribution in [2.45, 2.75) is 20.2 Å². The highest BCUT2D eigenvalue weighted by Crippen LogP contribution is 1.71. The molecule has 0 unspecified atom stereocenters. The van der Waals surface area contributed by atoms with E-state index in [0.29, 0.717) is 0 Å². The van der Waals surface area contributed by atoms with Gasteiger partial charge in [-0.1, -0.05) is 6.85 Å². The summed E-state index contributed by atoms with van der Waals surface area (Å²) in [7, 11) is 0. The van der Waals surface area contributed by atoms with Crippen LogP contribution in [-0.4, -0.2) is 5.78 Å². The smallest absolute Gasteiger partial charge is 0.129 e. The third kappa shape index (κ3) is 3.67. The molecule has 0 aliphatic rings. The summed E-state index contributed by atoms with van der Waals surface area (Å²) in [5.74, 6) is -0.287. The fourth-order valence-electron chi connectivity index (χ4n) is 0. The van der Waals surface area contributed by atoms with Gasteiger partial charge < -0.3 is 4.79 Å². The van der Waals surface area contributed by atoms with E-state index in [1.54, 1.807) is 0 Å². The van der Waals surface area contributed by atoms with Gasteiger partial charge in [-0.25, -0.2) is 0 Å². The van der Waals surface area contributed by atoms with Crippen LogP contribution in [0, 0.1) is 0 Å². The zero-order chi connectivity index (χ0) is 6.78.